The van der Waals surface area contributed by atoms with Crippen LogP contribution in [0.3, 0.4) is 0 Å². The van der Waals surface area contributed by atoms with E-state index in [2.05, 4.69) is 4.90 Å². The molecule has 1 amide bonds. The zero-order valence-corrected chi connectivity index (χ0v) is 10.7. The zero-order valence-electron chi connectivity index (χ0n) is 10.7. The molecule has 0 spiro atoms. The van der Waals surface area contributed by atoms with Crippen LogP contribution in [0.15, 0.2) is 24.3 Å². The minimum atomic E-state index is -0.390. The van der Waals surface area contributed by atoms with Crippen molar-refractivity contribution in [2.24, 2.45) is 0 Å². The summed E-state index contributed by atoms with van der Waals surface area (Å²) in [6.07, 6.45) is 0. The molecular weight excluding hydrogens is 249 g/mol. The number of piperazine rings is 1. The lowest BCUT2D eigenvalue weighted by Gasteiger charge is -2.34. The van der Waals surface area contributed by atoms with E-state index >= 15 is 0 Å². The molecule has 6 heteroatoms. The van der Waals surface area contributed by atoms with Gasteiger partial charge >= 0.3 is 0 Å². The second-order valence-electron chi connectivity index (χ2n) is 4.72. The van der Waals surface area contributed by atoms with Gasteiger partial charge in [-0.25, -0.2) is 9.87 Å². The lowest BCUT2D eigenvalue weighted by Crippen LogP contribution is -2.48. The Morgan fingerprint density at radius 3 is 2.58 bits per heavy atom. The first-order chi connectivity index (χ1) is 9.17. The van der Waals surface area contributed by atoms with Crippen molar-refractivity contribution >= 4 is 5.91 Å². The van der Waals surface area contributed by atoms with Gasteiger partial charge in [0.05, 0.1) is 6.54 Å². The van der Waals surface area contributed by atoms with Crippen LogP contribution in [0.2, 0.25) is 0 Å². The largest absolute Gasteiger partial charge is 0.297 e. The molecular formula is C13H18FN3O2. The van der Waals surface area contributed by atoms with Gasteiger partial charge in [-0.2, -0.15) is 0 Å². The van der Waals surface area contributed by atoms with Crippen LogP contribution >= 0.6 is 0 Å². The number of hydroxylamine groups is 1. The van der Waals surface area contributed by atoms with Crippen molar-refractivity contribution in [3.05, 3.63) is 35.6 Å². The smallest absolute Gasteiger partial charge is 0.257 e. The van der Waals surface area contributed by atoms with Crippen LogP contribution in [0.5, 0.6) is 0 Å². The summed E-state index contributed by atoms with van der Waals surface area (Å²) in [5, 5.41) is 8.47. The number of hydrogen-bond acceptors (Lipinski definition) is 4. The molecule has 1 aliphatic heterocycles. The fourth-order valence-corrected chi connectivity index (χ4v) is 2.24. The molecule has 104 valence electrons. The van der Waals surface area contributed by atoms with E-state index < -0.39 is 5.91 Å². The average molecular weight is 267 g/mol. The van der Waals surface area contributed by atoms with Crippen molar-refractivity contribution < 1.29 is 14.4 Å². The molecule has 1 fully saturated rings. The molecule has 19 heavy (non-hydrogen) atoms. The van der Waals surface area contributed by atoms with Gasteiger partial charge in [0.25, 0.3) is 5.91 Å². The topological polar surface area (TPSA) is 55.8 Å². The summed E-state index contributed by atoms with van der Waals surface area (Å²) in [6.45, 7) is 4.12. The van der Waals surface area contributed by atoms with Crippen molar-refractivity contribution in [2.45, 2.75) is 6.54 Å². The van der Waals surface area contributed by atoms with E-state index in [1.807, 2.05) is 11.0 Å². The number of halogens is 1. The number of carbonyl (C=O) groups is 1. The van der Waals surface area contributed by atoms with E-state index in [0.717, 1.165) is 38.3 Å². The number of benzene rings is 1. The molecule has 0 aromatic heterocycles. The molecule has 0 atom stereocenters. The molecule has 0 saturated carbocycles. The minimum Gasteiger partial charge on any atom is -0.297 e. The summed E-state index contributed by atoms with van der Waals surface area (Å²) >= 11 is 0. The second kappa shape index (κ2) is 6.60. The molecule has 5 nitrogen and oxygen atoms in total. The molecule has 0 radical (unpaired) electrons. The number of nitrogens with zero attached hydrogens (tertiary/aromatic N) is 2. The molecule has 1 aromatic carbocycles. The van der Waals surface area contributed by atoms with Crippen molar-refractivity contribution in [3.63, 3.8) is 0 Å². The number of hydrogen-bond donors (Lipinski definition) is 2. The highest BCUT2D eigenvalue weighted by Crippen LogP contribution is 2.09. The van der Waals surface area contributed by atoms with Crippen LogP contribution in [-0.4, -0.2) is 53.6 Å². The number of carbonyl (C=O) groups excluding carboxylic acids is 1. The third kappa shape index (κ3) is 4.27. The SMILES string of the molecule is O=C(CN1CCN(Cc2cccc(F)c2)CC1)NO. The molecule has 0 aliphatic carbocycles. The normalized spacial score (nSPS) is 17.4. The van der Waals surface area contributed by atoms with Gasteiger partial charge in [0.15, 0.2) is 0 Å². The number of amides is 1. The Labute approximate surface area is 111 Å². The summed E-state index contributed by atoms with van der Waals surface area (Å²) in [5.74, 6) is -0.602. The molecule has 1 aromatic rings. The van der Waals surface area contributed by atoms with Crippen molar-refractivity contribution in [3.8, 4) is 0 Å². The quantitative estimate of drug-likeness (QED) is 0.614. The van der Waals surface area contributed by atoms with Gasteiger partial charge in [-0.1, -0.05) is 12.1 Å². The highest BCUT2D eigenvalue weighted by molar-refractivity contribution is 5.76. The predicted octanol–water partition coefficient (Wildman–Crippen LogP) is 0.449. The molecule has 0 bridgehead atoms. The maximum atomic E-state index is 13.1. The van der Waals surface area contributed by atoms with Gasteiger partial charge in [-0.3, -0.25) is 19.8 Å². The van der Waals surface area contributed by atoms with Crippen molar-refractivity contribution in [1.29, 1.82) is 0 Å². The maximum Gasteiger partial charge on any atom is 0.257 e. The van der Waals surface area contributed by atoms with Crippen LogP contribution in [0.4, 0.5) is 4.39 Å². The standard InChI is InChI=1S/C13H18FN3O2/c14-12-3-1-2-11(8-12)9-16-4-6-17(7-5-16)10-13(18)15-19/h1-3,8,19H,4-7,9-10H2,(H,15,18). The first kappa shape index (κ1) is 13.9. The molecule has 2 N–H and O–H groups in total. The van der Waals surface area contributed by atoms with E-state index in [1.165, 1.54) is 6.07 Å². The van der Waals surface area contributed by atoms with Gasteiger partial charge in [-0.15, -0.1) is 0 Å². The third-order valence-corrected chi connectivity index (χ3v) is 3.25. The molecule has 1 aliphatic rings. The van der Waals surface area contributed by atoms with Gasteiger partial charge in [0.2, 0.25) is 0 Å². The van der Waals surface area contributed by atoms with E-state index in [1.54, 1.807) is 17.6 Å². The average Bonchev–Trinajstić information content (AvgIpc) is 2.41. The third-order valence-electron chi connectivity index (χ3n) is 3.25. The Hall–Kier alpha value is -1.50. The summed E-state index contributed by atoms with van der Waals surface area (Å²) in [7, 11) is 0. The van der Waals surface area contributed by atoms with Gasteiger partial charge in [0, 0.05) is 32.7 Å². The van der Waals surface area contributed by atoms with E-state index in [0.29, 0.717) is 0 Å². The zero-order chi connectivity index (χ0) is 13.7. The van der Waals surface area contributed by atoms with Crippen LogP contribution in [0.25, 0.3) is 0 Å². The molecule has 1 saturated heterocycles. The molecule has 1 heterocycles. The summed E-state index contributed by atoms with van der Waals surface area (Å²) in [6, 6.07) is 6.61. The Bertz CT molecular complexity index is 434. The number of rotatable bonds is 4. The lowest BCUT2D eigenvalue weighted by atomic mass is 10.2. The highest BCUT2D eigenvalue weighted by atomic mass is 19.1. The van der Waals surface area contributed by atoms with Crippen LogP contribution in [0, 0.1) is 5.82 Å². The summed E-state index contributed by atoms with van der Waals surface area (Å²) in [5.41, 5.74) is 2.59. The Balaban J connectivity index is 1.79. The Morgan fingerprint density at radius 2 is 1.95 bits per heavy atom. The molecule has 0 unspecified atom stereocenters. The monoisotopic (exact) mass is 267 g/mol. The van der Waals surface area contributed by atoms with E-state index in [-0.39, 0.29) is 12.4 Å². The first-order valence-electron chi connectivity index (χ1n) is 6.29. The molecule has 2 rings (SSSR count). The maximum absolute atomic E-state index is 13.1. The minimum absolute atomic E-state index is 0.212. The van der Waals surface area contributed by atoms with Crippen molar-refractivity contribution in [1.82, 2.24) is 15.3 Å². The fraction of sp³-hybridized carbons (Fsp3) is 0.462. The van der Waals surface area contributed by atoms with Crippen LogP contribution in [0.1, 0.15) is 5.56 Å². The van der Waals surface area contributed by atoms with Gasteiger partial charge < -0.3 is 0 Å². The fourth-order valence-electron chi connectivity index (χ4n) is 2.24. The van der Waals surface area contributed by atoms with Gasteiger partial charge in [0.1, 0.15) is 5.82 Å². The van der Waals surface area contributed by atoms with Crippen LogP contribution in [-0.2, 0) is 11.3 Å². The van der Waals surface area contributed by atoms with E-state index in [4.69, 9.17) is 5.21 Å². The summed E-state index contributed by atoms with van der Waals surface area (Å²) in [4.78, 5) is 15.2. The summed E-state index contributed by atoms with van der Waals surface area (Å²) < 4.78 is 13.1. The predicted molar refractivity (Wildman–Crippen MR) is 68.0 cm³/mol. The Kier molecular flexibility index (Phi) is 4.84. The lowest BCUT2D eigenvalue weighted by molar-refractivity contribution is -0.130. The first-order valence-corrected chi connectivity index (χ1v) is 6.29. The number of nitrogens with one attached hydrogen (secondary N) is 1. The van der Waals surface area contributed by atoms with E-state index in [9.17, 15) is 9.18 Å². The highest BCUT2D eigenvalue weighted by Gasteiger charge is 2.18. The van der Waals surface area contributed by atoms with Crippen LogP contribution < -0.4 is 5.48 Å². The van der Waals surface area contributed by atoms with Crippen molar-refractivity contribution in [2.75, 3.05) is 32.7 Å². The van der Waals surface area contributed by atoms with Gasteiger partial charge in [-0.05, 0) is 17.7 Å². The Morgan fingerprint density at radius 1 is 1.26 bits per heavy atom. The second-order valence-corrected chi connectivity index (χ2v) is 4.72.